The van der Waals surface area contributed by atoms with Gasteiger partial charge in [0, 0.05) is 35.0 Å². The van der Waals surface area contributed by atoms with Crippen LogP contribution in [0.2, 0.25) is 0 Å². The molecule has 1 aliphatic heterocycles. The first-order valence-electron chi connectivity index (χ1n) is 8.08. The highest BCUT2D eigenvalue weighted by molar-refractivity contribution is 9.10. The Hall–Kier alpha value is -2.54. The van der Waals surface area contributed by atoms with Gasteiger partial charge >= 0.3 is 0 Å². The number of rotatable bonds is 5. The number of benzene rings is 2. The van der Waals surface area contributed by atoms with Gasteiger partial charge < -0.3 is 5.32 Å². The number of nitrogens with one attached hydrogen (secondary N) is 1. The molecular formula is C19H16BrFN2O3. The molecule has 2 aromatic rings. The molecular weight excluding hydrogens is 403 g/mol. The summed E-state index contributed by atoms with van der Waals surface area (Å²) in [6.45, 7) is 0.283. The van der Waals surface area contributed by atoms with E-state index >= 15 is 0 Å². The second-order valence-electron chi connectivity index (χ2n) is 5.99. The molecule has 0 bridgehead atoms. The zero-order valence-electron chi connectivity index (χ0n) is 13.8. The second-order valence-corrected chi connectivity index (χ2v) is 6.90. The third-order valence-corrected chi connectivity index (χ3v) is 4.65. The van der Waals surface area contributed by atoms with E-state index in [1.165, 1.54) is 11.0 Å². The Morgan fingerprint density at radius 3 is 2.38 bits per heavy atom. The Morgan fingerprint density at radius 2 is 1.73 bits per heavy atom. The van der Waals surface area contributed by atoms with E-state index in [0.29, 0.717) is 11.1 Å². The van der Waals surface area contributed by atoms with E-state index in [9.17, 15) is 18.8 Å². The molecule has 1 N–H and O–H groups in total. The molecule has 1 heterocycles. The van der Waals surface area contributed by atoms with Crippen LogP contribution in [0.5, 0.6) is 0 Å². The molecule has 0 spiro atoms. The van der Waals surface area contributed by atoms with Gasteiger partial charge in [-0.25, -0.2) is 4.39 Å². The number of hydrogen-bond donors (Lipinski definition) is 1. The third-order valence-electron chi connectivity index (χ3n) is 4.16. The van der Waals surface area contributed by atoms with Gasteiger partial charge in [-0.1, -0.05) is 28.1 Å². The van der Waals surface area contributed by atoms with E-state index in [0.717, 1.165) is 10.0 Å². The van der Waals surface area contributed by atoms with Gasteiger partial charge in [-0.2, -0.15) is 0 Å². The summed E-state index contributed by atoms with van der Waals surface area (Å²) in [5.74, 6) is -1.06. The van der Waals surface area contributed by atoms with Gasteiger partial charge in [0.05, 0.1) is 6.54 Å². The molecule has 134 valence electrons. The maximum Gasteiger partial charge on any atom is 0.251 e. The largest absolute Gasteiger partial charge is 0.348 e. The molecule has 0 aliphatic carbocycles. The van der Waals surface area contributed by atoms with E-state index in [2.05, 4.69) is 21.2 Å². The fraction of sp³-hybridized carbons (Fsp3) is 0.211. The number of carbonyl (C=O) groups excluding carboxylic acids is 3. The summed E-state index contributed by atoms with van der Waals surface area (Å²) in [4.78, 5) is 36.7. The molecule has 7 heteroatoms. The van der Waals surface area contributed by atoms with Crippen molar-refractivity contribution in [2.24, 2.45) is 0 Å². The van der Waals surface area contributed by atoms with Crippen LogP contribution in [0, 0.1) is 5.82 Å². The van der Waals surface area contributed by atoms with Crippen molar-refractivity contribution in [3.63, 3.8) is 0 Å². The summed E-state index contributed by atoms with van der Waals surface area (Å²) in [5, 5.41) is 2.67. The molecule has 3 amide bonds. The molecule has 0 saturated carbocycles. The zero-order valence-corrected chi connectivity index (χ0v) is 15.4. The van der Waals surface area contributed by atoms with Gasteiger partial charge in [-0.15, -0.1) is 0 Å². The first kappa shape index (κ1) is 18.3. The van der Waals surface area contributed by atoms with Crippen LogP contribution >= 0.6 is 15.9 Å². The third kappa shape index (κ3) is 4.16. The van der Waals surface area contributed by atoms with E-state index in [1.54, 1.807) is 36.4 Å². The van der Waals surface area contributed by atoms with Crippen molar-refractivity contribution in [2.45, 2.75) is 25.9 Å². The summed E-state index contributed by atoms with van der Waals surface area (Å²) >= 11 is 3.27. The van der Waals surface area contributed by atoms with Crippen molar-refractivity contribution in [3.8, 4) is 0 Å². The summed E-state index contributed by atoms with van der Waals surface area (Å²) in [6, 6.07) is 11.2. The van der Waals surface area contributed by atoms with Gasteiger partial charge in [0.25, 0.3) is 5.91 Å². The van der Waals surface area contributed by atoms with Gasteiger partial charge in [-0.3, -0.25) is 19.3 Å². The average molecular weight is 419 g/mol. The van der Waals surface area contributed by atoms with Crippen LogP contribution in [0.4, 0.5) is 4.39 Å². The minimum absolute atomic E-state index is 0.0721. The molecule has 1 fully saturated rings. The molecule has 1 saturated heterocycles. The number of amides is 3. The quantitative estimate of drug-likeness (QED) is 0.758. The Balaban J connectivity index is 1.61. The van der Waals surface area contributed by atoms with Crippen molar-refractivity contribution < 1.29 is 18.8 Å². The second kappa shape index (κ2) is 7.78. The van der Waals surface area contributed by atoms with E-state index in [4.69, 9.17) is 0 Å². The lowest BCUT2D eigenvalue weighted by atomic mass is 10.1. The highest BCUT2D eigenvalue weighted by Gasteiger charge is 2.28. The number of likely N-dealkylation sites (tertiary alicyclic amines) is 1. The molecule has 5 nitrogen and oxygen atoms in total. The summed E-state index contributed by atoms with van der Waals surface area (Å²) < 4.78 is 14.4. The maximum absolute atomic E-state index is 13.7. The van der Waals surface area contributed by atoms with Crippen LogP contribution in [0.1, 0.15) is 34.3 Å². The van der Waals surface area contributed by atoms with Crippen molar-refractivity contribution in [2.75, 3.05) is 0 Å². The number of nitrogens with zero attached hydrogens (tertiary/aromatic N) is 1. The van der Waals surface area contributed by atoms with Crippen LogP contribution in [-0.4, -0.2) is 22.6 Å². The first-order valence-corrected chi connectivity index (χ1v) is 8.87. The topological polar surface area (TPSA) is 66.5 Å². The van der Waals surface area contributed by atoms with E-state index in [-0.39, 0.29) is 49.5 Å². The number of carbonyl (C=O) groups is 3. The van der Waals surface area contributed by atoms with Gasteiger partial charge in [0.1, 0.15) is 5.82 Å². The van der Waals surface area contributed by atoms with Crippen molar-refractivity contribution >= 4 is 33.7 Å². The standard InChI is InChI=1S/C19H16BrFN2O3/c20-15-5-6-16(21)14(9-15)10-22-19(26)13-3-1-12(2-4-13)11-23-17(24)7-8-18(23)25/h1-6,9H,7-8,10-11H2,(H,22,26). The monoisotopic (exact) mass is 418 g/mol. The lowest BCUT2D eigenvalue weighted by Crippen LogP contribution is -2.28. The molecule has 0 unspecified atom stereocenters. The molecule has 2 aromatic carbocycles. The molecule has 1 aliphatic rings. The molecule has 0 atom stereocenters. The Morgan fingerprint density at radius 1 is 1.08 bits per heavy atom. The predicted molar refractivity (Wildman–Crippen MR) is 96.5 cm³/mol. The van der Waals surface area contributed by atoms with Gasteiger partial charge in [0.15, 0.2) is 0 Å². The highest BCUT2D eigenvalue weighted by Crippen LogP contribution is 2.17. The summed E-state index contributed by atoms with van der Waals surface area (Å²) in [6.07, 6.45) is 0.511. The number of hydrogen-bond acceptors (Lipinski definition) is 3. The SMILES string of the molecule is O=C(NCc1cc(Br)ccc1F)c1ccc(CN2C(=O)CCC2=O)cc1. The summed E-state index contributed by atoms with van der Waals surface area (Å²) in [5.41, 5.74) is 1.57. The van der Waals surface area contributed by atoms with Crippen molar-refractivity contribution in [1.29, 1.82) is 0 Å². The fourth-order valence-corrected chi connectivity index (χ4v) is 3.11. The highest BCUT2D eigenvalue weighted by atomic mass is 79.9. The molecule has 0 radical (unpaired) electrons. The van der Waals surface area contributed by atoms with E-state index in [1.807, 2.05) is 0 Å². The minimum atomic E-state index is -0.385. The average Bonchev–Trinajstić information content (AvgIpc) is 2.95. The lowest BCUT2D eigenvalue weighted by molar-refractivity contribution is -0.139. The smallest absolute Gasteiger partial charge is 0.251 e. The van der Waals surface area contributed by atoms with Gasteiger partial charge in [-0.05, 0) is 35.9 Å². The van der Waals surface area contributed by atoms with Crippen LogP contribution < -0.4 is 5.32 Å². The number of halogens is 2. The number of imide groups is 1. The van der Waals surface area contributed by atoms with Crippen molar-refractivity contribution in [1.82, 2.24) is 10.2 Å². The van der Waals surface area contributed by atoms with Crippen LogP contribution in [0.25, 0.3) is 0 Å². The zero-order chi connectivity index (χ0) is 18.7. The predicted octanol–water partition coefficient (Wildman–Crippen LogP) is 3.17. The first-order chi connectivity index (χ1) is 12.4. The Labute approximate surface area is 158 Å². The Kier molecular flexibility index (Phi) is 5.46. The van der Waals surface area contributed by atoms with Gasteiger partial charge in [0.2, 0.25) is 11.8 Å². The molecule has 26 heavy (non-hydrogen) atoms. The Bertz CT molecular complexity index is 852. The van der Waals surface area contributed by atoms with Crippen molar-refractivity contribution in [3.05, 3.63) is 69.4 Å². The molecule has 3 rings (SSSR count). The minimum Gasteiger partial charge on any atom is -0.348 e. The normalized spacial score (nSPS) is 14.0. The summed E-state index contributed by atoms with van der Waals surface area (Å²) in [7, 11) is 0. The molecule has 0 aromatic heterocycles. The maximum atomic E-state index is 13.7. The van der Waals surface area contributed by atoms with Crippen LogP contribution in [-0.2, 0) is 22.7 Å². The fourth-order valence-electron chi connectivity index (χ4n) is 2.70. The van der Waals surface area contributed by atoms with Crippen LogP contribution in [0.3, 0.4) is 0 Å². The van der Waals surface area contributed by atoms with E-state index < -0.39 is 0 Å². The lowest BCUT2D eigenvalue weighted by Gasteiger charge is -2.14. The van der Waals surface area contributed by atoms with Crippen LogP contribution in [0.15, 0.2) is 46.9 Å².